The second kappa shape index (κ2) is 3.05. The Morgan fingerprint density at radius 1 is 1.38 bits per heavy atom. The zero-order valence-corrected chi connectivity index (χ0v) is 7.45. The van der Waals surface area contributed by atoms with Gasteiger partial charge in [-0.25, -0.2) is 0 Å². The average Bonchev–Trinajstić information content (AvgIpc) is 2.48. The van der Waals surface area contributed by atoms with Crippen molar-refractivity contribution in [2.75, 3.05) is 0 Å². The van der Waals surface area contributed by atoms with Crippen LogP contribution in [0.1, 0.15) is 24.1 Å². The van der Waals surface area contributed by atoms with Crippen molar-refractivity contribution in [1.29, 1.82) is 0 Å². The van der Waals surface area contributed by atoms with Gasteiger partial charge in [0.15, 0.2) is 0 Å². The van der Waals surface area contributed by atoms with Gasteiger partial charge in [0.05, 0.1) is 6.04 Å². The third kappa shape index (κ3) is 1.47. The molecular weight excluding hydrogens is 162 g/mol. The van der Waals surface area contributed by atoms with Crippen molar-refractivity contribution >= 4 is 12.0 Å². The van der Waals surface area contributed by atoms with Gasteiger partial charge in [-0.2, -0.15) is 0 Å². The summed E-state index contributed by atoms with van der Waals surface area (Å²) in [5.74, 6) is 0.00588. The largest absolute Gasteiger partial charge is 0.346 e. The topological polar surface area (TPSA) is 29.1 Å². The maximum absolute atomic E-state index is 10.9. The first kappa shape index (κ1) is 8.05. The predicted octanol–water partition coefficient (Wildman–Crippen LogP) is 1.89. The van der Waals surface area contributed by atoms with Crippen LogP contribution in [0.2, 0.25) is 0 Å². The SMILES string of the molecule is CC(=O)NC1C=Cc2ccccc21. The quantitative estimate of drug-likeness (QED) is 0.690. The number of hydrogen-bond acceptors (Lipinski definition) is 1. The fraction of sp³-hybridized carbons (Fsp3) is 0.182. The minimum atomic E-state index is 0.00588. The first-order valence-corrected chi connectivity index (χ1v) is 4.31. The summed E-state index contributed by atoms with van der Waals surface area (Å²) in [7, 11) is 0. The lowest BCUT2D eigenvalue weighted by Crippen LogP contribution is -2.23. The fourth-order valence-electron chi connectivity index (χ4n) is 1.59. The molecule has 2 heteroatoms. The van der Waals surface area contributed by atoms with Gasteiger partial charge in [-0.05, 0) is 11.1 Å². The monoisotopic (exact) mass is 173 g/mol. The molecule has 0 heterocycles. The van der Waals surface area contributed by atoms with Crippen molar-refractivity contribution in [3.8, 4) is 0 Å². The fourth-order valence-corrected chi connectivity index (χ4v) is 1.59. The van der Waals surface area contributed by atoms with Crippen molar-refractivity contribution in [3.05, 3.63) is 41.5 Å². The van der Waals surface area contributed by atoms with E-state index in [1.807, 2.05) is 36.4 Å². The van der Waals surface area contributed by atoms with Gasteiger partial charge in [0.2, 0.25) is 5.91 Å². The summed E-state index contributed by atoms with van der Waals surface area (Å²) in [5.41, 5.74) is 2.37. The summed E-state index contributed by atoms with van der Waals surface area (Å²) in [6, 6.07) is 8.14. The maximum Gasteiger partial charge on any atom is 0.217 e. The Morgan fingerprint density at radius 2 is 2.15 bits per heavy atom. The molecular formula is C11H11NO. The molecule has 0 bridgehead atoms. The highest BCUT2D eigenvalue weighted by Gasteiger charge is 2.16. The van der Waals surface area contributed by atoms with Crippen LogP contribution in [0.3, 0.4) is 0 Å². The third-order valence-electron chi connectivity index (χ3n) is 2.16. The summed E-state index contributed by atoms with van der Waals surface area (Å²) < 4.78 is 0. The normalized spacial score (nSPS) is 18.4. The average molecular weight is 173 g/mol. The summed E-state index contributed by atoms with van der Waals surface area (Å²) in [4.78, 5) is 10.9. The highest BCUT2D eigenvalue weighted by Crippen LogP contribution is 2.27. The van der Waals surface area contributed by atoms with E-state index in [4.69, 9.17) is 0 Å². The molecule has 1 aliphatic rings. The molecule has 0 saturated carbocycles. The molecule has 66 valence electrons. The highest BCUT2D eigenvalue weighted by atomic mass is 16.1. The molecule has 0 aromatic heterocycles. The minimum absolute atomic E-state index is 0.00588. The molecule has 2 nitrogen and oxygen atoms in total. The van der Waals surface area contributed by atoms with E-state index in [1.165, 1.54) is 18.1 Å². The van der Waals surface area contributed by atoms with Crippen molar-refractivity contribution in [2.45, 2.75) is 13.0 Å². The maximum atomic E-state index is 10.9. The number of amides is 1. The number of hydrogen-bond donors (Lipinski definition) is 1. The molecule has 0 spiro atoms. The summed E-state index contributed by atoms with van der Waals surface area (Å²) in [5, 5.41) is 2.87. The van der Waals surface area contributed by atoms with Gasteiger partial charge in [-0.1, -0.05) is 36.4 Å². The van der Waals surface area contributed by atoms with E-state index in [0.29, 0.717) is 0 Å². The molecule has 1 unspecified atom stereocenters. The summed E-state index contributed by atoms with van der Waals surface area (Å²) in [6.07, 6.45) is 4.04. The van der Waals surface area contributed by atoms with Gasteiger partial charge in [-0.15, -0.1) is 0 Å². The molecule has 1 aromatic rings. The molecule has 1 amide bonds. The van der Waals surface area contributed by atoms with Crippen LogP contribution in [0.15, 0.2) is 30.3 Å². The molecule has 1 aliphatic carbocycles. The van der Waals surface area contributed by atoms with Crippen LogP contribution >= 0.6 is 0 Å². The highest BCUT2D eigenvalue weighted by molar-refractivity contribution is 5.75. The Morgan fingerprint density at radius 3 is 2.92 bits per heavy atom. The zero-order chi connectivity index (χ0) is 9.26. The molecule has 0 aliphatic heterocycles. The molecule has 0 saturated heterocycles. The molecule has 2 rings (SSSR count). The number of benzene rings is 1. The second-order valence-corrected chi connectivity index (χ2v) is 3.17. The van der Waals surface area contributed by atoms with Crippen LogP contribution in [0.25, 0.3) is 6.08 Å². The van der Waals surface area contributed by atoms with Crippen LogP contribution in [-0.2, 0) is 4.79 Å². The Labute approximate surface area is 77.3 Å². The number of carbonyl (C=O) groups excluding carboxylic acids is 1. The molecule has 13 heavy (non-hydrogen) atoms. The van der Waals surface area contributed by atoms with Gasteiger partial charge in [0.1, 0.15) is 0 Å². The van der Waals surface area contributed by atoms with Gasteiger partial charge >= 0.3 is 0 Å². The van der Waals surface area contributed by atoms with E-state index in [2.05, 4.69) is 5.32 Å². The standard InChI is InChI=1S/C11H11NO/c1-8(13)12-11-7-6-9-4-2-3-5-10(9)11/h2-7,11H,1H3,(H,12,13). The Kier molecular flexibility index (Phi) is 1.89. The molecule has 0 fully saturated rings. The summed E-state index contributed by atoms with van der Waals surface area (Å²) >= 11 is 0. The minimum Gasteiger partial charge on any atom is -0.346 e. The van der Waals surface area contributed by atoms with E-state index in [-0.39, 0.29) is 11.9 Å². The molecule has 1 aromatic carbocycles. The van der Waals surface area contributed by atoms with E-state index < -0.39 is 0 Å². The number of carbonyl (C=O) groups is 1. The van der Waals surface area contributed by atoms with Gasteiger partial charge < -0.3 is 5.32 Å². The van der Waals surface area contributed by atoms with Crippen LogP contribution in [0.5, 0.6) is 0 Å². The van der Waals surface area contributed by atoms with Crippen LogP contribution in [0, 0.1) is 0 Å². The second-order valence-electron chi connectivity index (χ2n) is 3.17. The molecule has 1 N–H and O–H groups in total. The summed E-state index contributed by atoms with van der Waals surface area (Å²) in [6.45, 7) is 1.54. The lowest BCUT2D eigenvalue weighted by molar-refractivity contribution is -0.119. The lowest BCUT2D eigenvalue weighted by atomic mass is 10.1. The van der Waals surface area contributed by atoms with Gasteiger partial charge in [-0.3, -0.25) is 4.79 Å². The first-order valence-electron chi connectivity index (χ1n) is 4.31. The van der Waals surface area contributed by atoms with Crippen LogP contribution < -0.4 is 5.32 Å². The van der Waals surface area contributed by atoms with E-state index in [0.717, 1.165) is 0 Å². The molecule has 1 atom stereocenters. The Bertz CT molecular complexity index is 368. The Hall–Kier alpha value is -1.57. The van der Waals surface area contributed by atoms with Gasteiger partial charge in [0, 0.05) is 6.92 Å². The third-order valence-corrected chi connectivity index (χ3v) is 2.16. The number of rotatable bonds is 1. The Balaban J connectivity index is 2.28. The van der Waals surface area contributed by atoms with E-state index in [1.54, 1.807) is 0 Å². The van der Waals surface area contributed by atoms with E-state index in [9.17, 15) is 4.79 Å². The molecule has 0 radical (unpaired) electrons. The van der Waals surface area contributed by atoms with Crippen molar-refractivity contribution < 1.29 is 4.79 Å². The van der Waals surface area contributed by atoms with Crippen molar-refractivity contribution in [2.24, 2.45) is 0 Å². The predicted molar refractivity (Wildman–Crippen MR) is 52.0 cm³/mol. The van der Waals surface area contributed by atoms with Crippen LogP contribution in [-0.4, -0.2) is 5.91 Å². The van der Waals surface area contributed by atoms with E-state index >= 15 is 0 Å². The number of nitrogens with one attached hydrogen (secondary N) is 1. The van der Waals surface area contributed by atoms with Crippen molar-refractivity contribution in [1.82, 2.24) is 5.32 Å². The number of fused-ring (bicyclic) bond motifs is 1. The zero-order valence-electron chi connectivity index (χ0n) is 7.45. The van der Waals surface area contributed by atoms with Gasteiger partial charge in [0.25, 0.3) is 0 Å². The van der Waals surface area contributed by atoms with Crippen LogP contribution in [0.4, 0.5) is 0 Å². The van der Waals surface area contributed by atoms with Crippen molar-refractivity contribution in [3.63, 3.8) is 0 Å². The first-order chi connectivity index (χ1) is 6.27. The lowest BCUT2D eigenvalue weighted by Gasteiger charge is -2.10. The smallest absolute Gasteiger partial charge is 0.217 e.